The van der Waals surface area contributed by atoms with Gasteiger partial charge in [0.2, 0.25) is 12.2 Å². The molecule has 1 aromatic heterocycles. The van der Waals surface area contributed by atoms with Crippen molar-refractivity contribution in [1.82, 2.24) is 19.0 Å². The third-order valence-corrected chi connectivity index (χ3v) is 5.90. The molecule has 0 saturated heterocycles. The van der Waals surface area contributed by atoms with Gasteiger partial charge in [-0.05, 0) is 38.5 Å². The molecule has 13 heteroatoms. The summed E-state index contributed by atoms with van der Waals surface area (Å²) in [6.45, 7) is 1.70. The van der Waals surface area contributed by atoms with Gasteiger partial charge in [-0.2, -0.15) is 0 Å². The number of carbonyl (C=O) groups is 1. The van der Waals surface area contributed by atoms with E-state index in [2.05, 4.69) is 15.3 Å². The summed E-state index contributed by atoms with van der Waals surface area (Å²) in [6, 6.07) is 0. The first kappa shape index (κ1) is 31.5. The first-order valence-corrected chi connectivity index (χ1v) is 12.9. The Bertz CT molecular complexity index is 1030. The van der Waals surface area contributed by atoms with Gasteiger partial charge in [0, 0.05) is 26.2 Å². The van der Waals surface area contributed by atoms with Gasteiger partial charge in [0.25, 0.3) is 0 Å². The van der Waals surface area contributed by atoms with Crippen LogP contribution in [0.4, 0.5) is 4.79 Å². The molecule has 37 heavy (non-hydrogen) atoms. The topological polar surface area (TPSA) is 174 Å². The minimum atomic E-state index is -1.07. The van der Waals surface area contributed by atoms with Crippen LogP contribution < -0.4 is 22.4 Å². The summed E-state index contributed by atoms with van der Waals surface area (Å²) in [5.74, 6) is 0. The van der Waals surface area contributed by atoms with Crippen molar-refractivity contribution in [2.75, 3.05) is 19.6 Å². The maximum absolute atomic E-state index is 13.0. The molecular weight excluding hydrogens is 484 g/mol. The number of carbonyl (C=O) groups excluding carboxylic acids is 2. The van der Waals surface area contributed by atoms with E-state index >= 15 is 0 Å². The van der Waals surface area contributed by atoms with Crippen LogP contribution in [0.15, 0.2) is 24.4 Å². The number of unbranched alkanes of at least 4 members (excludes halogenated alkanes) is 9. The van der Waals surface area contributed by atoms with Crippen molar-refractivity contribution in [3.8, 4) is 0 Å². The maximum Gasteiger partial charge on any atom is 0.404 e. The van der Waals surface area contributed by atoms with Crippen LogP contribution >= 0.6 is 0 Å². The Morgan fingerprint density at radius 3 is 1.32 bits per heavy atom. The second-order valence-corrected chi connectivity index (χ2v) is 8.72. The highest BCUT2D eigenvalue weighted by Gasteiger charge is 2.15. The first-order valence-electron chi connectivity index (χ1n) is 12.9. The number of amides is 1. The van der Waals surface area contributed by atoms with E-state index in [9.17, 15) is 28.8 Å². The predicted molar refractivity (Wildman–Crippen MR) is 137 cm³/mol. The number of hydrogen-bond acceptors (Lipinski definition) is 8. The molecular formula is C24H38N6O7. The highest BCUT2D eigenvalue weighted by Crippen LogP contribution is 2.03. The van der Waals surface area contributed by atoms with Crippen LogP contribution in [0.25, 0.3) is 0 Å². The Balaban J connectivity index is 2.86. The van der Waals surface area contributed by atoms with E-state index in [4.69, 9.17) is 5.11 Å². The molecule has 0 unspecified atom stereocenters. The van der Waals surface area contributed by atoms with Crippen molar-refractivity contribution in [2.24, 2.45) is 9.98 Å². The van der Waals surface area contributed by atoms with Crippen LogP contribution in [0.3, 0.4) is 0 Å². The summed E-state index contributed by atoms with van der Waals surface area (Å²) >= 11 is 0. The molecule has 0 aliphatic heterocycles. The quantitative estimate of drug-likeness (QED) is 0.141. The van der Waals surface area contributed by atoms with E-state index in [1.54, 1.807) is 0 Å². The van der Waals surface area contributed by atoms with Crippen molar-refractivity contribution < 1.29 is 19.5 Å². The van der Waals surface area contributed by atoms with E-state index in [0.29, 0.717) is 64.6 Å². The molecule has 13 nitrogen and oxygen atoms in total. The summed E-state index contributed by atoms with van der Waals surface area (Å²) in [5.41, 5.74) is -1.84. The average molecular weight is 523 g/mol. The number of isocyanates is 2. The monoisotopic (exact) mass is 522 g/mol. The van der Waals surface area contributed by atoms with Crippen LogP contribution in [0.2, 0.25) is 0 Å². The lowest BCUT2D eigenvalue weighted by Gasteiger charge is -2.14. The third-order valence-electron chi connectivity index (χ3n) is 5.90. The van der Waals surface area contributed by atoms with Crippen molar-refractivity contribution in [3.63, 3.8) is 0 Å². The fraction of sp³-hybridized carbons (Fsp3) is 0.750. The molecule has 0 spiro atoms. The van der Waals surface area contributed by atoms with Gasteiger partial charge in [-0.15, -0.1) is 0 Å². The number of hydrogen-bond donors (Lipinski definition) is 2. The van der Waals surface area contributed by atoms with Crippen LogP contribution in [0.5, 0.6) is 0 Å². The number of carboxylic acid groups (broad SMARTS) is 1. The van der Waals surface area contributed by atoms with Gasteiger partial charge in [-0.25, -0.2) is 52.5 Å². The van der Waals surface area contributed by atoms with Gasteiger partial charge in [0.05, 0.1) is 13.1 Å². The molecule has 0 radical (unpaired) electrons. The second kappa shape index (κ2) is 19.6. The van der Waals surface area contributed by atoms with E-state index in [1.165, 1.54) is 12.2 Å². The third kappa shape index (κ3) is 12.8. The SMILES string of the molecule is O=C=NCCCCCCn1c(=O)n(CCCCCCN=C=O)c(=O)n(CCCCCCNC(=O)O)c1=O. The lowest BCUT2D eigenvalue weighted by molar-refractivity contribution is 0.194. The van der Waals surface area contributed by atoms with E-state index in [0.717, 1.165) is 45.8 Å². The van der Waals surface area contributed by atoms with Crippen molar-refractivity contribution in [2.45, 2.75) is 96.7 Å². The molecule has 0 aliphatic rings. The Morgan fingerprint density at radius 1 is 0.622 bits per heavy atom. The standard InChI is InChI=1S/C24H38N6O7/c31-19-25-13-7-1-4-10-16-28-22(35)29(17-11-5-2-8-14-26-20-32)24(37)30(23(28)36)18-12-6-3-9-15-27-21(33)34/h27H,1-18H2,(H,33,34). The van der Waals surface area contributed by atoms with Crippen LogP contribution in [0.1, 0.15) is 77.0 Å². The molecule has 0 aliphatic carbocycles. The van der Waals surface area contributed by atoms with Gasteiger partial charge in [0.1, 0.15) is 0 Å². The highest BCUT2D eigenvalue weighted by atomic mass is 16.4. The van der Waals surface area contributed by atoms with Gasteiger partial charge >= 0.3 is 23.2 Å². The predicted octanol–water partition coefficient (Wildman–Crippen LogP) is 1.79. The summed E-state index contributed by atoms with van der Waals surface area (Å²) < 4.78 is 3.37. The van der Waals surface area contributed by atoms with Gasteiger partial charge in [-0.1, -0.05) is 38.5 Å². The summed E-state index contributed by atoms with van der Waals surface area (Å²) in [6.07, 6.45) is 10.2. The summed E-state index contributed by atoms with van der Waals surface area (Å²) in [5, 5.41) is 10.9. The number of nitrogens with zero attached hydrogens (tertiary/aromatic N) is 5. The van der Waals surface area contributed by atoms with Gasteiger partial charge in [-0.3, -0.25) is 0 Å². The first-order chi connectivity index (χ1) is 17.9. The molecule has 0 saturated carbocycles. The fourth-order valence-electron chi connectivity index (χ4n) is 3.92. The Labute approximate surface area is 214 Å². The molecule has 1 rings (SSSR count). The number of nitrogens with one attached hydrogen (secondary N) is 1. The molecule has 1 aromatic rings. The minimum Gasteiger partial charge on any atom is -0.465 e. The summed E-state index contributed by atoms with van der Waals surface area (Å²) in [4.78, 5) is 76.8. The second-order valence-electron chi connectivity index (χ2n) is 8.72. The zero-order valence-corrected chi connectivity index (χ0v) is 21.4. The molecule has 0 bridgehead atoms. The largest absolute Gasteiger partial charge is 0.465 e. The van der Waals surface area contributed by atoms with E-state index in [-0.39, 0.29) is 19.6 Å². The number of aliphatic imine (C=N–C) groups is 2. The molecule has 0 aromatic carbocycles. The maximum atomic E-state index is 13.0. The number of rotatable bonds is 21. The van der Waals surface area contributed by atoms with Crippen LogP contribution in [-0.2, 0) is 29.2 Å². The molecule has 0 atom stereocenters. The molecule has 0 fully saturated rings. The molecule has 1 amide bonds. The average Bonchev–Trinajstić information content (AvgIpc) is 2.87. The van der Waals surface area contributed by atoms with Crippen molar-refractivity contribution >= 4 is 18.3 Å². The minimum absolute atomic E-state index is 0.178. The summed E-state index contributed by atoms with van der Waals surface area (Å²) in [7, 11) is 0. The number of aromatic nitrogens is 3. The molecule has 1 heterocycles. The van der Waals surface area contributed by atoms with Crippen molar-refractivity contribution in [1.29, 1.82) is 0 Å². The van der Waals surface area contributed by atoms with Crippen LogP contribution in [-0.4, -0.2) is 56.7 Å². The smallest absolute Gasteiger partial charge is 0.404 e. The lowest BCUT2D eigenvalue weighted by atomic mass is 10.2. The lowest BCUT2D eigenvalue weighted by Crippen LogP contribution is -2.54. The van der Waals surface area contributed by atoms with Crippen LogP contribution in [0, 0.1) is 0 Å². The zero-order chi connectivity index (χ0) is 27.3. The Kier molecular flexibility index (Phi) is 16.7. The zero-order valence-electron chi connectivity index (χ0n) is 21.4. The highest BCUT2D eigenvalue weighted by molar-refractivity contribution is 5.64. The Morgan fingerprint density at radius 2 is 0.973 bits per heavy atom. The molecule has 206 valence electrons. The van der Waals surface area contributed by atoms with E-state index < -0.39 is 23.2 Å². The van der Waals surface area contributed by atoms with Gasteiger partial charge in [0.15, 0.2) is 0 Å². The van der Waals surface area contributed by atoms with Crippen molar-refractivity contribution in [3.05, 3.63) is 31.5 Å². The van der Waals surface area contributed by atoms with Gasteiger partial charge < -0.3 is 10.4 Å². The van der Waals surface area contributed by atoms with E-state index in [1.807, 2.05) is 0 Å². The normalized spacial score (nSPS) is 10.5. The Hall–Kier alpha value is -3.56. The fourth-order valence-corrected chi connectivity index (χ4v) is 3.92. The molecule has 2 N–H and O–H groups in total.